The number of halogens is 1. The summed E-state index contributed by atoms with van der Waals surface area (Å²) >= 11 is 0. The Bertz CT molecular complexity index is 707. The molecular formula is C16H15FN4. The van der Waals surface area contributed by atoms with Gasteiger partial charge in [-0.3, -0.25) is 0 Å². The van der Waals surface area contributed by atoms with E-state index in [1.807, 2.05) is 4.57 Å². The SMILES string of the molecule is N#CC(=Cc1ccc(F)cc1)c1nnc2n1CCCCC2. The average molecular weight is 282 g/mol. The molecule has 21 heavy (non-hydrogen) atoms. The molecule has 0 amide bonds. The Morgan fingerprint density at radius 1 is 1.19 bits per heavy atom. The van der Waals surface area contributed by atoms with Crippen molar-refractivity contribution in [2.24, 2.45) is 0 Å². The molecule has 1 aromatic carbocycles. The smallest absolute Gasteiger partial charge is 0.174 e. The summed E-state index contributed by atoms with van der Waals surface area (Å²) in [7, 11) is 0. The Kier molecular flexibility index (Phi) is 3.78. The number of allylic oxidation sites excluding steroid dienone is 1. The van der Waals surface area contributed by atoms with Gasteiger partial charge in [-0.25, -0.2) is 4.39 Å². The number of nitrogens with zero attached hydrogens (tertiary/aromatic N) is 4. The molecule has 0 spiro atoms. The number of hydrogen-bond donors (Lipinski definition) is 0. The Hall–Kier alpha value is -2.48. The van der Waals surface area contributed by atoms with Crippen LogP contribution in [0.2, 0.25) is 0 Å². The van der Waals surface area contributed by atoms with E-state index >= 15 is 0 Å². The monoisotopic (exact) mass is 282 g/mol. The molecule has 0 radical (unpaired) electrons. The Morgan fingerprint density at radius 2 is 2.00 bits per heavy atom. The highest BCUT2D eigenvalue weighted by Crippen LogP contribution is 2.21. The first-order chi connectivity index (χ1) is 10.3. The molecule has 0 saturated heterocycles. The van der Waals surface area contributed by atoms with Crippen molar-refractivity contribution < 1.29 is 4.39 Å². The normalized spacial score (nSPS) is 15.1. The summed E-state index contributed by atoms with van der Waals surface area (Å²) in [5.74, 6) is 1.27. The van der Waals surface area contributed by atoms with Gasteiger partial charge in [0.05, 0.1) is 5.57 Å². The maximum atomic E-state index is 12.9. The lowest BCUT2D eigenvalue weighted by Crippen LogP contribution is -2.05. The van der Waals surface area contributed by atoms with Gasteiger partial charge in [-0.15, -0.1) is 10.2 Å². The number of aromatic nitrogens is 3. The van der Waals surface area contributed by atoms with E-state index < -0.39 is 0 Å². The van der Waals surface area contributed by atoms with E-state index in [9.17, 15) is 9.65 Å². The highest BCUT2D eigenvalue weighted by atomic mass is 19.1. The number of rotatable bonds is 2. The van der Waals surface area contributed by atoms with Gasteiger partial charge in [-0.05, 0) is 36.6 Å². The molecule has 3 rings (SSSR count). The molecule has 0 aliphatic carbocycles. The quantitative estimate of drug-likeness (QED) is 0.795. The third-order valence-electron chi connectivity index (χ3n) is 3.65. The molecule has 2 heterocycles. The molecule has 2 aromatic rings. The van der Waals surface area contributed by atoms with Crippen molar-refractivity contribution in [1.82, 2.24) is 14.8 Å². The fourth-order valence-corrected chi connectivity index (χ4v) is 2.56. The first kappa shape index (κ1) is 13.5. The van der Waals surface area contributed by atoms with Crippen LogP contribution in [-0.2, 0) is 13.0 Å². The molecule has 0 N–H and O–H groups in total. The second kappa shape index (κ2) is 5.88. The zero-order valence-electron chi connectivity index (χ0n) is 11.6. The van der Waals surface area contributed by atoms with Crippen molar-refractivity contribution >= 4 is 11.6 Å². The van der Waals surface area contributed by atoms with Crippen molar-refractivity contribution in [1.29, 1.82) is 5.26 Å². The Labute approximate surface area is 122 Å². The fraction of sp³-hybridized carbons (Fsp3) is 0.312. The number of aryl methyl sites for hydroxylation is 1. The molecule has 4 nitrogen and oxygen atoms in total. The summed E-state index contributed by atoms with van der Waals surface area (Å²) in [6.07, 6.45) is 5.99. The van der Waals surface area contributed by atoms with Gasteiger partial charge in [0.25, 0.3) is 0 Å². The Morgan fingerprint density at radius 3 is 2.76 bits per heavy atom. The minimum atomic E-state index is -0.290. The molecule has 5 heteroatoms. The number of nitriles is 1. The van der Waals surface area contributed by atoms with E-state index in [1.54, 1.807) is 18.2 Å². The summed E-state index contributed by atoms with van der Waals surface area (Å²) in [4.78, 5) is 0. The van der Waals surface area contributed by atoms with Crippen LogP contribution < -0.4 is 0 Å². The van der Waals surface area contributed by atoms with Crippen molar-refractivity contribution in [3.05, 3.63) is 47.3 Å². The zero-order valence-corrected chi connectivity index (χ0v) is 11.6. The Balaban J connectivity index is 1.99. The lowest BCUT2D eigenvalue weighted by Gasteiger charge is -2.05. The molecule has 0 atom stereocenters. The lowest BCUT2D eigenvalue weighted by atomic mass is 10.1. The molecular weight excluding hydrogens is 267 g/mol. The van der Waals surface area contributed by atoms with Crippen LogP contribution >= 0.6 is 0 Å². The van der Waals surface area contributed by atoms with Gasteiger partial charge in [0.15, 0.2) is 5.82 Å². The van der Waals surface area contributed by atoms with E-state index in [1.165, 1.54) is 18.6 Å². The zero-order chi connectivity index (χ0) is 14.7. The largest absolute Gasteiger partial charge is 0.310 e. The van der Waals surface area contributed by atoms with E-state index in [4.69, 9.17) is 0 Å². The first-order valence-electron chi connectivity index (χ1n) is 7.08. The molecule has 1 aromatic heterocycles. The van der Waals surface area contributed by atoms with E-state index in [2.05, 4.69) is 16.3 Å². The van der Waals surface area contributed by atoms with Crippen LogP contribution in [0.1, 0.15) is 36.5 Å². The van der Waals surface area contributed by atoms with Crippen LogP contribution in [0.5, 0.6) is 0 Å². The number of benzene rings is 1. The van der Waals surface area contributed by atoms with Crippen molar-refractivity contribution in [3.8, 4) is 6.07 Å². The third kappa shape index (κ3) is 2.84. The van der Waals surface area contributed by atoms with Gasteiger partial charge in [-0.2, -0.15) is 5.26 Å². The lowest BCUT2D eigenvalue weighted by molar-refractivity contribution is 0.627. The minimum absolute atomic E-state index is 0.290. The van der Waals surface area contributed by atoms with E-state index in [0.29, 0.717) is 11.4 Å². The summed E-state index contributed by atoms with van der Waals surface area (Å²) in [6.45, 7) is 0.847. The summed E-state index contributed by atoms with van der Waals surface area (Å²) in [5.41, 5.74) is 1.24. The van der Waals surface area contributed by atoms with Gasteiger partial charge in [0.2, 0.25) is 0 Å². The molecule has 0 unspecified atom stereocenters. The van der Waals surface area contributed by atoms with Crippen molar-refractivity contribution in [2.75, 3.05) is 0 Å². The maximum absolute atomic E-state index is 12.9. The second-order valence-corrected chi connectivity index (χ2v) is 5.12. The van der Waals surface area contributed by atoms with Crippen molar-refractivity contribution in [3.63, 3.8) is 0 Å². The first-order valence-corrected chi connectivity index (χ1v) is 7.08. The average Bonchev–Trinajstić information content (AvgIpc) is 2.75. The fourth-order valence-electron chi connectivity index (χ4n) is 2.56. The van der Waals surface area contributed by atoms with E-state index in [-0.39, 0.29) is 5.82 Å². The molecule has 0 bridgehead atoms. The highest BCUT2D eigenvalue weighted by Gasteiger charge is 2.17. The minimum Gasteiger partial charge on any atom is -0.310 e. The molecule has 1 aliphatic heterocycles. The highest BCUT2D eigenvalue weighted by molar-refractivity contribution is 5.87. The standard InChI is InChI=1S/C16H15FN4/c17-14-7-5-12(6-8-14)10-13(11-18)16-20-19-15-4-2-1-3-9-21(15)16/h5-8,10H,1-4,9H2. The van der Waals surface area contributed by atoms with Crippen LogP contribution in [0.15, 0.2) is 24.3 Å². The third-order valence-corrected chi connectivity index (χ3v) is 3.65. The van der Waals surface area contributed by atoms with Crippen LogP contribution in [-0.4, -0.2) is 14.8 Å². The predicted molar refractivity (Wildman–Crippen MR) is 77.5 cm³/mol. The van der Waals surface area contributed by atoms with Crippen LogP contribution in [0.25, 0.3) is 11.6 Å². The van der Waals surface area contributed by atoms with E-state index in [0.717, 1.165) is 37.2 Å². The topological polar surface area (TPSA) is 54.5 Å². The number of hydrogen-bond acceptors (Lipinski definition) is 3. The van der Waals surface area contributed by atoms with Gasteiger partial charge in [0, 0.05) is 13.0 Å². The van der Waals surface area contributed by atoms with Gasteiger partial charge < -0.3 is 4.57 Å². The van der Waals surface area contributed by atoms with Gasteiger partial charge in [0.1, 0.15) is 17.7 Å². The van der Waals surface area contributed by atoms with Gasteiger partial charge >= 0.3 is 0 Å². The molecule has 0 fully saturated rings. The van der Waals surface area contributed by atoms with Crippen LogP contribution in [0, 0.1) is 17.1 Å². The molecule has 0 saturated carbocycles. The summed E-state index contributed by atoms with van der Waals surface area (Å²) < 4.78 is 15.0. The summed E-state index contributed by atoms with van der Waals surface area (Å²) in [5, 5.41) is 17.8. The van der Waals surface area contributed by atoms with Crippen molar-refractivity contribution in [2.45, 2.75) is 32.2 Å². The maximum Gasteiger partial charge on any atom is 0.174 e. The van der Waals surface area contributed by atoms with Crippen LogP contribution in [0.3, 0.4) is 0 Å². The predicted octanol–water partition coefficient (Wildman–Crippen LogP) is 3.21. The second-order valence-electron chi connectivity index (χ2n) is 5.12. The van der Waals surface area contributed by atoms with Crippen LogP contribution in [0.4, 0.5) is 4.39 Å². The summed E-state index contributed by atoms with van der Waals surface area (Å²) in [6, 6.07) is 8.23. The molecule has 106 valence electrons. The number of fused-ring (bicyclic) bond motifs is 1. The molecule has 1 aliphatic rings. The van der Waals surface area contributed by atoms with Gasteiger partial charge in [-0.1, -0.05) is 18.6 Å².